The molecule has 0 aromatic carbocycles. The van der Waals surface area contributed by atoms with Crippen LogP contribution < -0.4 is 5.32 Å². The molecule has 0 aliphatic rings. The predicted octanol–water partition coefficient (Wildman–Crippen LogP) is 2.84. The number of hydrogen-bond acceptors (Lipinski definition) is 3. The first-order chi connectivity index (χ1) is 7.89. The number of ether oxygens (including phenoxy) is 1. The minimum Gasteiger partial charge on any atom is -0.444 e. The van der Waals surface area contributed by atoms with Crippen molar-refractivity contribution in [1.82, 2.24) is 5.32 Å². The van der Waals surface area contributed by atoms with Gasteiger partial charge in [0.1, 0.15) is 5.60 Å². The topological polar surface area (TPSA) is 58.6 Å². The van der Waals surface area contributed by atoms with Crippen LogP contribution in [0.3, 0.4) is 0 Å². The lowest BCUT2D eigenvalue weighted by Gasteiger charge is -2.23. The number of amides is 1. The second-order valence-corrected chi connectivity index (χ2v) is 5.35. The van der Waals surface area contributed by atoms with Crippen LogP contribution in [-0.2, 0) is 4.74 Å². The van der Waals surface area contributed by atoms with E-state index in [2.05, 4.69) is 12.2 Å². The van der Waals surface area contributed by atoms with E-state index in [9.17, 15) is 4.79 Å². The van der Waals surface area contributed by atoms with E-state index >= 15 is 0 Å². The van der Waals surface area contributed by atoms with Crippen molar-refractivity contribution in [3.8, 4) is 0 Å². The average molecular weight is 245 g/mol. The minimum atomic E-state index is -0.462. The van der Waals surface area contributed by atoms with Crippen molar-refractivity contribution < 1.29 is 14.6 Å². The zero-order valence-corrected chi connectivity index (χ0v) is 11.6. The molecule has 0 spiro atoms. The molecule has 0 radical (unpaired) electrons. The van der Waals surface area contributed by atoms with Gasteiger partial charge in [0.25, 0.3) is 0 Å². The van der Waals surface area contributed by atoms with Crippen LogP contribution in [0.2, 0.25) is 0 Å². The molecule has 0 bridgehead atoms. The molecule has 4 heteroatoms. The Hall–Kier alpha value is -0.770. The molecule has 0 aromatic heterocycles. The molecule has 4 nitrogen and oxygen atoms in total. The fraction of sp³-hybridized carbons (Fsp3) is 0.923. The number of alkyl carbamates (subject to hydrolysis) is 1. The summed E-state index contributed by atoms with van der Waals surface area (Å²) >= 11 is 0. The third-order valence-corrected chi connectivity index (χ3v) is 2.34. The van der Waals surface area contributed by atoms with Gasteiger partial charge in [-0.05, 0) is 40.0 Å². The van der Waals surface area contributed by atoms with Gasteiger partial charge in [0, 0.05) is 12.6 Å². The van der Waals surface area contributed by atoms with Gasteiger partial charge in [-0.1, -0.05) is 19.8 Å². The number of unbranched alkanes of at least 4 members (excludes halogenated alkanes) is 1. The molecular weight excluding hydrogens is 218 g/mol. The molecule has 0 aliphatic carbocycles. The summed E-state index contributed by atoms with van der Waals surface area (Å²) < 4.78 is 5.22. The van der Waals surface area contributed by atoms with Crippen molar-refractivity contribution in [2.45, 2.75) is 71.4 Å². The number of aliphatic hydroxyl groups is 1. The lowest BCUT2D eigenvalue weighted by Crippen LogP contribution is -2.39. The Bertz CT molecular complexity index is 203. The normalized spacial score (nSPS) is 13.2. The van der Waals surface area contributed by atoms with E-state index in [0.717, 1.165) is 25.7 Å². The number of nitrogens with one attached hydrogen (secondary N) is 1. The predicted molar refractivity (Wildman–Crippen MR) is 69.0 cm³/mol. The fourth-order valence-electron chi connectivity index (χ4n) is 1.55. The summed E-state index contributed by atoms with van der Waals surface area (Å²) in [6.45, 7) is 7.83. The number of carbonyl (C=O) groups is 1. The summed E-state index contributed by atoms with van der Waals surface area (Å²) in [7, 11) is 0. The Morgan fingerprint density at radius 2 is 1.88 bits per heavy atom. The SMILES string of the molecule is CCCC[C@H](CCCO)NC(=O)OC(C)(C)C. The zero-order valence-electron chi connectivity index (χ0n) is 11.6. The highest BCUT2D eigenvalue weighted by molar-refractivity contribution is 5.68. The molecule has 0 unspecified atom stereocenters. The van der Waals surface area contributed by atoms with Crippen molar-refractivity contribution >= 4 is 6.09 Å². The van der Waals surface area contributed by atoms with Gasteiger partial charge in [0.15, 0.2) is 0 Å². The molecule has 0 fully saturated rings. The van der Waals surface area contributed by atoms with E-state index in [1.54, 1.807) is 0 Å². The maximum Gasteiger partial charge on any atom is 0.407 e. The van der Waals surface area contributed by atoms with Gasteiger partial charge in [-0.3, -0.25) is 0 Å². The van der Waals surface area contributed by atoms with Crippen LogP contribution in [-0.4, -0.2) is 29.4 Å². The smallest absolute Gasteiger partial charge is 0.407 e. The Labute approximate surface area is 105 Å². The van der Waals surface area contributed by atoms with Gasteiger partial charge in [0.05, 0.1) is 0 Å². The summed E-state index contributed by atoms with van der Waals surface area (Å²) in [5.41, 5.74) is -0.462. The standard InChI is InChI=1S/C13H27NO3/c1-5-6-8-11(9-7-10-15)14-12(16)17-13(2,3)4/h11,15H,5-10H2,1-4H3,(H,14,16)/t11-/m1/s1. The lowest BCUT2D eigenvalue weighted by atomic mass is 10.1. The van der Waals surface area contributed by atoms with E-state index in [0.29, 0.717) is 6.42 Å². The fourth-order valence-corrected chi connectivity index (χ4v) is 1.55. The van der Waals surface area contributed by atoms with E-state index < -0.39 is 5.60 Å². The van der Waals surface area contributed by atoms with Gasteiger partial charge in [-0.15, -0.1) is 0 Å². The van der Waals surface area contributed by atoms with Crippen molar-refractivity contribution in [3.63, 3.8) is 0 Å². The summed E-state index contributed by atoms with van der Waals surface area (Å²) in [6.07, 6.45) is 4.27. The maximum atomic E-state index is 11.6. The number of carbonyl (C=O) groups excluding carboxylic acids is 1. The molecule has 0 aliphatic heterocycles. The molecule has 0 heterocycles. The molecular formula is C13H27NO3. The second kappa shape index (κ2) is 8.34. The van der Waals surface area contributed by atoms with E-state index in [1.165, 1.54) is 0 Å². The number of rotatable bonds is 7. The Kier molecular flexibility index (Phi) is 7.96. The van der Waals surface area contributed by atoms with Crippen LogP contribution >= 0.6 is 0 Å². The largest absolute Gasteiger partial charge is 0.444 e. The summed E-state index contributed by atoms with van der Waals surface area (Å²) in [6, 6.07) is 0.108. The molecule has 17 heavy (non-hydrogen) atoms. The minimum absolute atomic E-state index is 0.108. The van der Waals surface area contributed by atoms with E-state index in [-0.39, 0.29) is 18.7 Å². The molecule has 0 aromatic rings. The van der Waals surface area contributed by atoms with E-state index in [1.807, 2.05) is 20.8 Å². The molecule has 1 atom stereocenters. The molecule has 1 amide bonds. The van der Waals surface area contributed by atoms with Crippen LogP contribution in [0.25, 0.3) is 0 Å². The first-order valence-electron chi connectivity index (χ1n) is 6.49. The van der Waals surface area contributed by atoms with Crippen LogP contribution in [0.1, 0.15) is 59.8 Å². The molecule has 102 valence electrons. The highest BCUT2D eigenvalue weighted by Gasteiger charge is 2.18. The van der Waals surface area contributed by atoms with Crippen molar-refractivity contribution in [2.75, 3.05) is 6.61 Å². The highest BCUT2D eigenvalue weighted by atomic mass is 16.6. The summed E-state index contributed by atoms with van der Waals surface area (Å²) in [5.74, 6) is 0. The van der Waals surface area contributed by atoms with E-state index in [4.69, 9.17) is 9.84 Å². The Balaban J connectivity index is 4.07. The Morgan fingerprint density at radius 3 is 2.35 bits per heavy atom. The lowest BCUT2D eigenvalue weighted by molar-refractivity contribution is 0.0496. The third-order valence-electron chi connectivity index (χ3n) is 2.34. The van der Waals surface area contributed by atoms with Crippen LogP contribution in [0, 0.1) is 0 Å². The van der Waals surface area contributed by atoms with Gasteiger partial charge >= 0.3 is 6.09 Å². The third kappa shape index (κ3) is 10.1. The molecule has 2 N–H and O–H groups in total. The number of aliphatic hydroxyl groups excluding tert-OH is 1. The first kappa shape index (κ1) is 16.2. The average Bonchev–Trinajstić information content (AvgIpc) is 2.19. The number of hydrogen-bond donors (Lipinski definition) is 2. The first-order valence-corrected chi connectivity index (χ1v) is 6.49. The zero-order chi connectivity index (χ0) is 13.3. The highest BCUT2D eigenvalue weighted by Crippen LogP contribution is 2.10. The summed E-state index contributed by atoms with van der Waals surface area (Å²) in [5, 5.41) is 11.7. The van der Waals surface area contributed by atoms with Crippen LogP contribution in [0.5, 0.6) is 0 Å². The summed E-state index contributed by atoms with van der Waals surface area (Å²) in [4.78, 5) is 11.6. The Morgan fingerprint density at radius 1 is 1.29 bits per heavy atom. The van der Waals surface area contributed by atoms with Gasteiger partial charge in [0.2, 0.25) is 0 Å². The van der Waals surface area contributed by atoms with Crippen molar-refractivity contribution in [1.29, 1.82) is 0 Å². The maximum absolute atomic E-state index is 11.6. The van der Waals surface area contributed by atoms with Gasteiger partial charge in [-0.25, -0.2) is 4.79 Å². The molecule has 0 saturated carbocycles. The van der Waals surface area contributed by atoms with Crippen LogP contribution in [0.15, 0.2) is 0 Å². The van der Waals surface area contributed by atoms with Crippen molar-refractivity contribution in [2.24, 2.45) is 0 Å². The second-order valence-electron chi connectivity index (χ2n) is 5.35. The van der Waals surface area contributed by atoms with Crippen LogP contribution in [0.4, 0.5) is 4.79 Å². The van der Waals surface area contributed by atoms with Gasteiger partial charge < -0.3 is 15.2 Å². The molecule has 0 rings (SSSR count). The monoisotopic (exact) mass is 245 g/mol. The molecule has 0 saturated heterocycles. The quantitative estimate of drug-likeness (QED) is 0.725. The van der Waals surface area contributed by atoms with Gasteiger partial charge in [-0.2, -0.15) is 0 Å². The van der Waals surface area contributed by atoms with Crippen molar-refractivity contribution in [3.05, 3.63) is 0 Å².